The fourth-order valence-electron chi connectivity index (χ4n) is 3.21. The Bertz CT molecular complexity index is 1210. The van der Waals surface area contributed by atoms with E-state index in [-0.39, 0.29) is 12.4 Å². The minimum atomic E-state index is -1.08. The Hall–Kier alpha value is -4.09. The summed E-state index contributed by atoms with van der Waals surface area (Å²) in [4.78, 5) is 40.8. The molecule has 0 bridgehead atoms. The molecule has 2 aromatic carbocycles. The molecule has 0 aliphatic rings. The number of nitrogens with one attached hydrogen (secondary N) is 2. The number of rotatable bonds is 10. The van der Waals surface area contributed by atoms with Crippen molar-refractivity contribution in [3.05, 3.63) is 70.9 Å². The first-order valence-electron chi connectivity index (χ1n) is 11.0. The van der Waals surface area contributed by atoms with Crippen LogP contribution in [0, 0.1) is 0 Å². The summed E-state index contributed by atoms with van der Waals surface area (Å²) in [6.45, 7) is 0.420. The molecule has 0 aliphatic heterocycles. The molecule has 0 saturated carbocycles. The number of benzene rings is 2. The lowest BCUT2D eigenvalue weighted by molar-refractivity contribution is -0.139. The molecule has 12 heteroatoms. The van der Waals surface area contributed by atoms with Crippen LogP contribution in [0.5, 0.6) is 0 Å². The maximum atomic E-state index is 12.2. The third-order valence-electron chi connectivity index (χ3n) is 5.09. The van der Waals surface area contributed by atoms with Gasteiger partial charge in [-0.3, -0.25) is 14.6 Å². The number of hydrogen-bond acceptors (Lipinski definition) is 5. The first-order valence-corrected chi connectivity index (χ1v) is 11.3. The number of nitrogens with zero attached hydrogens (tertiary/aromatic N) is 1. The number of amides is 1. The van der Waals surface area contributed by atoms with Gasteiger partial charge in [-0.1, -0.05) is 29.8 Å². The van der Waals surface area contributed by atoms with Gasteiger partial charge in [-0.2, -0.15) is 0 Å². The summed E-state index contributed by atoms with van der Waals surface area (Å²) >= 11 is 5.79. The smallest absolute Gasteiger partial charge is 0.326 e. The highest BCUT2D eigenvalue weighted by Gasteiger charge is 2.22. The molecule has 2 atom stereocenters. The normalized spacial score (nSPS) is 12.1. The summed E-state index contributed by atoms with van der Waals surface area (Å²) in [6, 6.07) is 12.1. The van der Waals surface area contributed by atoms with Gasteiger partial charge in [0.05, 0.1) is 0 Å². The van der Waals surface area contributed by atoms with Gasteiger partial charge in [-0.05, 0) is 48.7 Å². The Kier molecular flexibility index (Phi) is 10.7. The van der Waals surface area contributed by atoms with Crippen molar-refractivity contribution in [3.8, 4) is 0 Å². The molecule has 0 aliphatic carbocycles. The van der Waals surface area contributed by atoms with E-state index in [0.717, 1.165) is 16.5 Å². The molecule has 1 heterocycles. The summed E-state index contributed by atoms with van der Waals surface area (Å²) in [5.41, 5.74) is 17.5. The number of fused-ring (bicyclic) bond motifs is 1. The Morgan fingerprint density at radius 3 is 2.31 bits per heavy atom. The number of carboxylic acids is 2. The monoisotopic (exact) mass is 516 g/mol. The van der Waals surface area contributed by atoms with Crippen LogP contribution in [0.1, 0.15) is 28.8 Å². The predicted molar refractivity (Wildman–Crippen MR) is 138 cm³/mol. The summed E-state index contributed by atoms with van der Waals surface area (Å²) in [5, 5.41) is 21.8. The average molecular weight is 517 g/mol. The fraction of sp³-hybridized carbons (Fsp3) is 0.250. The summed E-state index contributed by atoms with van der Waals surface area (Å²) < 4.78 is 0. The minimum Gasteiger partial charge on any atom is -0.480 e. The van der Waals surface area contributed by atoms with Gasteiger partial charge in [0.1, 0.15) is 12.1 Å². The maximum Gasteiger partial charge on any atom is 0.326 e. The molecule has 36 heavy (non-hydrogen) atoms. The third kappa shape index (κ3) is 8.93. The van der Waals surface area contributed by atoms with Crippen LogP contribution in [-0.2, 0) is 16.0 Å². The molecule has 11 nitrogen and oxygen atoms in total. The molecule has 0 fully saturated rings. The topological polar surface area (TPSA) is 210 Å². The van der Waals surface area contributed by atoms with Crippen molar-refractivity contribution in [2.45, 2.75) is 31.3 Å². The number of hydrogen-bond donors (Lipinski definition) is 7. The molecule has 0 radical (unpaired) electrons. The first-order chi connectivity index (χ1) is 17.1. The molecule has 3 aromatic rings. The van der Waals surface area contributed by atoms with Gasteiger partial charge >= 0.3 is 11.9 Å². The van der Waals surface area contributed by atoms with E-state index in [9.17, 15) is 19.5 Å². The lowest BCUT2D eigenvalue weighted by atomic mass is 10.0. The van der Waals surface area contributed by atoms with E-state index in [1.165, 1.54) is 0 Å². The standard InChI is InChI=1S/C18H15ClN2O3.C6H14N4O2/c19-13-7-5-11(6-8-13)17(22)21-16(18(23)24)9-12-10-20-15-4-2-1-3-14(12)15;7-4(5(11)12)2-1-3-10-6(8)9/h1-8,10,16,20H,9H2,(H,21,22)(H,23,24);4H,1-3,7H2,(H,11,12)(H4,8,9,10). The van der Waals surface area contributed by atoms with Crippen molar-refractivity contribution in [1.29, 1.82) is 0 Å². The van der Waals surface area contributed by atoms with Crippen LogP contribution in [0.3, 0.4) is 0 Å². The fourth-order valence-corrected chi connectivity index (χ4v) is 3.33. The van der Waals surface area contributed by atoms with Crippen molar-refractivity contribution in [3.63, 3.8) is 0 Å². The van der Waals surface area contributed by atoms with Crippen LogP contribution in [0.25, 0.3) is 10.9 Å². The third-order valence-corrected chi connectivity index (χ3v) is 5.35. The quantitative estimate of drug-likeness (QED) is 0.119. The van der Waals surface area contributed by atoms with E-state index in [0.29, 0.717) is 30.0 Å². The summed E-state index contributed by atoms with van der Waals surface area (Å²) in [6.07, 6.45) is 2.92. The number of guanidine groups is 1. The molecule has 0 spiro atoms. The lowest BCUT2D eigenvalue weighted by Gasteiger charge is -2.14. The number of para-hydroxylation sites is 1. The van der Waals surface area contributed by atoms with Crippen molar-refractivity contribution in [2.24, 2.45) is 22.2 Å². The van der Waals surface area contributed by atoms with Gasteiger partial charge in [-0.25, -0.2) is 4.79 Å². The number of nitrogens with two attached hydrogens (primary N) is 3. The number of H-pyrrole nitrogens is 1. The van der Waals surface area contributed by atoms with Crippen LogP contribution >= 0.6 is 11.6 Å². The SMILES string of the molecule is NC(N)=NCCCC(N)C(=O)O.O=C(NC(Cc1c[nH]c2ccccc12)C(=O)O)c1ccc(Cl)cc1. The molecule has 3 rings (SSSR count). The van der Waals surface area contributed by atoms with Gasteiger partial charge in [-0.15, -0.1) is 0 Å². The highest BCUT2D eigenvalue weighted by molar-refractivity contribution is 6.30. The summed E-state index contributed by atoms with van der Waals surface area (Å²) in [7, 11) is 0. The molecular formula is C24H29ClN6O5. The molecule has 2 unspecified atom stereocenters. The molecule has 1 amide bonds. The van der Waals surface area contributed by atoms with Crippen molar-refractivity contribution >= 4 is 46.3 Å². The van der Waals surface area contributed by atoms with E-state index >= 15 is 0 Å². The first kappa shape index (κ1) is 28.1. The Morgan fingerprint density at radius 1 is 1.03 bits per heavy atom. The number of halogens is 1. The van der Waals surface area contributed by atoms with Gasteiger partial charge in [0.15, 0.2) is 5.96 Å². The van der Waals surface area contributed by atoms with E-state index in [1.54, 1.807) is 30.5 Å². The number of aliphatic imine (C=N–C) groups is 1. The van der Waals surface area contributed by atoms with E-state index in [4.69, 9.17) is 33.9 Å². The van der Waals surface area contributed by atoms with E-state index in [2.05, 4.69) is 15.3 Å². The van der Waals surface area contributed by atoms with Gasteiger partial charge in [0.2, 0.25) is 0 Å². The maximum absolute atomic E-state index is 12.2. The second-order valence-electron chi connectivity index (χ2n) is 7.83. The van der Waals surface area contributed by atoms with Crippen LogP contribution in [0.15, 0.2) is 59.7 Å². The van der Waals surface area contributed by atoms with E-state index in [1.807, 2.05) is 24.3 Å². The highest BCUT2D eigenvalue weighted by atomic mass is 35.5. The number of aliphatic carboxylic acids is 2. The summed E-state index contributed by atoms with van der Waals surface area (Å²) in [5.74, 6) is -2.51. The Balaban J connectivity index is 0.000000324. The molecule has 1 aromatic heterocycles. The highest BCUT2D eigenvalue weighted by Crippen LogP contribution is 2.19. The molecule has 192 valence electrons. The number of carbonyl (C=O) groups excluding carboxylic acids is 1. The number of carboxylic acid groups (broad SMARTS) is 2. The zero-order valence-electron chi connectivity index (χ0n) is 19.4. The van der Waals surface area contributed by atoms with E-state index < -0.39 is 29.9 Å². The van der Waals surface area contributed by atoms with Crippen LogP contribution < -0.4 is 22.5 Å². The number of aromatic nitrogens is 1. The van der Waals surface area contributed by atoms with Crippen LogP contribution in [-0.4, -0.2) is 57.6 Å². The largest absolute Gasteiger partial charge is 0.480 e. The minimum absolute atomic E-state index is 0.0129. The lowest BCUT2D eigenvalue weighted by Crippen LogP contribution is -2.42. The van der Waals surface area contributed by atoms with Crippen LogP contribution in [0.4, 0.5) is 0 Å². The Labute approximate surface area is 212 Å². The van der Waals surface area contributed by atoms with Gasteiger partial charge < -0.3 is 37.7 Å². The zero-order valence-corrected chi connectivity index (χ0v) is 20.1. The van der Waals surface area contributed by atoms with Crippen LogP contribution in [0.2, 0.25) is 5.02 Å². The van der Waals surface area contributed by atoms with Crippen molar-refractivity contribution in [1.82, 2.24) is 10.3 Å². The second-order valence-corrected chi connectivity index (χ2v) is 8.26. The average Bonchev–Trinajstić information content (AvgIpc) is 3.24. The molecule has 10 N–H and O–H groups in total. The zero-order chi connectivity index (χ0) is 26.7. The Morgan fingerprint density at radius 2 is 1.69 bits per heavy atom. The van der Waals surface area contributed by atoms with Gasteiger partial charge in [0.25, 0.3) is 5.91 Å². The van der Waals surface area contributed by atoms with Crippen molar-refractivity contribution < 1.29 is 24.6 Å². The number of carbonyl (C=O) groups is 3. The second kappa shape index (κ2) is 13.7. The van der Waals surface area contributed by atoms with Gasteiger partial charge in [0, 0.05) is 40.7 Å². The molecular weight excluding hydrogens is 488 g/mol. The van der Waals surface area contributed by atoms with Crippen molar-refractivity contribution in [2.75, 3.05) is 6.54 Å². The molecule has 0 saturated heterocycles. The number of aromatic amines is 1. The predicted octanol–water partition coefficient (Wildman–Crippen LogP) is 1.70.